The molecule has 6 heteroatoms. The molecule has 0 saturated carbocycles. The second-order valence-corrected chi connectivity index (χ2v) is 20.9. The molecular weight excluding hydrogens is 973 g/mol. The fourth-order valence-corrected chi connectivity index (χ4v) is 8.48. The number of esters is 3. The first-order valence-corrected chi connectivity index (χ1v) is 32.3. The summed E-state index contributed by atoms with van der Waals surface area (Å²) in [6.45, 7) is 6.39. The maximum Gasteiger partial charge on any atom is 0.306 e. The van der Waals surface area contributed by atoms with E-state index in [4.69, 9.17) is 14.2 Å². The molecule has 0 aliphatic rings. The van der Waals surface area contributed by atoms with Crippen molar-refractivity contribution in [1.29, 1.82) is 0 Å². The van der Waals surface area contributed by atoms with Crippen molar-refractivity contribution in [2.75, 3.05) is 13.2 Å². The standard InChI is InChI=1S/C73H118O6/c1-4-7-10-13-16-19-22-25-27-29-31-33-35-36-38-39-41-43-45-48-51-54-57-60-63-66-72(75)78-69-70(68-77-71(74)65-62-59-56-53-50-47-24-21-18-15-12-9-6-3)79-73(76)67-64-61-58-55-52-49-46-44-42-40-37-34-32-30-28-26-23-20-17-14-11-8-5-2/h8,11-12,15,17,20-22,24-26,28-29,31-32,34-36,40,42,46,49,55,58,70H,4-7,9-10,13-14,16,18-19,23,27,30,33,37-39,41,43-45,47-48,50-54,56-57,59-69H2,1-3H3/b11-8-,15-12-,20-17-,24-21-,25-22-,28-26-,31-29-,34-32-,36-35-,42-40-,49-46-,58-55-. The third kappa shape index (κ3) is 64.0. The van der Waals surface area contributed by atoms with Crippen LogP contribution in [0.25, 0.3) is 0 Å². The van der Waals surface area contributed by atoms with Gasteiger partial charge in [-0.25, -0.2) is 0 Å². The van der Waals surface area contributed by atoms with Gasteiger partial charge in [0.15, 0.2) is 6.10 Å². The van der Waals surface area contributed by atoms with Crippen LogP contribution in [0, 0.1) is 0 Å². The second-order valence-electron chi connectivity index (χ2n) is 20.9. The molecule has 0 rings (SSSR count). The average Bonchev–Trinajstić information content (AvgIpc) is 3.45. The van der Waals surface area contributed by atoms with Gasteiger partial charge in [-0.3, -0.25) is 14.4 Å². The number of carbonyl (C=O) groups is 3. The van der Waals surface area contributed by atoms with Crippen molar-refractivity contribution in [3.05, 3.63) is 146 Å². The Morgan fingerprint density at radius 1 is 0.266 bits per heavy atom. The lowest BCUT2D eigenvalue weighted by Crippen LogP contribution is -2.30. The van der Waals surface area contributed by atoms with Gasteiger partial charge in [-0.05, 0) is 135 Å². The van der Waals surface area contributed by atoms with Crippen LogP contribution in [-0.4, -0.2) is 37.2 Å². The van der Waals surface area contributed by atoms with Gasteiger partial charge >= 0.3 is 17.9 Å². The van der Waals surface area contributed by atoms with Gasteiger partial charge in [0.1, 0.15) is 13.2 Å². The van der Waals surface area contributed by atoms with Crippen molar-refractivity contribution in [2.45, 2.75) is 284 Å². The van der Waals surface area contributed by atoms with Crippen LogP contribution < -0.4 is 0 Å². The Morgan fingerprint density at radius 2 is 0.532 bits per heavy atom. The Labute approximate surface area is 487 Å². The zero-order chi connectivity index (χ0) is 57.1. The minimum Gasteiger partial charge on any atom is -0.462 e. The van der Waals surface area contributed by atoms with Gasteiger partial charge in [-0.15, -0.1) is 0 Å². The predicted octanol–water partition coefficient (Wildman–Crippen LogP) is 22.3. The van der Waals surface area contributed by atoms with Crippen LogP contribution in [0.2, 0.25) is 0 Å². The Kier molecular flexibility index (Phi) is 61.9. The molecule has 0 aliphatic carbocycles. The van der Waals surface area contributed by atoms with Gasteiger partial charge in [0.2, 0.25) is 0 Å². The summed E-state index contributed by atoms with van der Waals surface area (Å²) in [7, 11) is 0. The van der Waals surface area contributed by atoms with Gasteiger partial charge in [0, 0.05) is 19.3 Å². The van der Waals surface area contributed by atoms with E-state index in [9.17, 15) is 14.4 Å². The molecule has 0 bridgehead atoms. The molecule has 0 radical (unpaired) electrons. The highest BCUT2D eigenvalue weighted by Gasteiger charge is 2.19. The zero-order valence-corrected chi connectivity index (χ0v) is 51.1. The first-order valence-electron chi connectivity index (χ1n) is 32.3. The second kappa shape index (κ2) is 65.8. The SMILES string of the molecule is CC/C=C\C/C=C\C/C=C\C/C=C\C/C=C\C/C=C\C/C=C\CCCC(=O)OC(COC(=O)CCCCCCC/C=C\C/C=C\CCC)COC(=O)CCCCCCCCCCCC/C=C\C/C=C\C/C=C\CCCCCCC. The molecule has 0 aromatic heterocycles. The Morgan fingerprint density at radius 3 is 0.861 bits per heavy atom. The van der Waals surface area contributed by atoms with Crippen molar-refractivity contribution in [3.8, 4) is 0 Å². The molecule has 0 saturated heterocycles. The molecule has 0 aromatic rings. The maximum atomic E-state index is 12.9. The molecule has 1 atom stereocenters. The number of rotatable bonds is 57. The van der Waals surface area contributed by atoms with E-state index in [2.05, 4.69) is 167 Å². The smallest absolute Gasteiger partial charge is 0.306 e. The fourth-order valence-electron chi connectivity index (χ4n) is 8.48. The third-order valence-corrected chi connectivity index (χ3v) is 13.3. The summed E-state index contributed by atoms with van der Waals surface area (Å²) in [4.78, 5) is 38.3. The van der Waals surface area contributed by atoms with E-state index in [1.54, 1.807) is 0 Å². The molecule has 0 N–H and O–H groups in total. The highest BCUT2D eigenvalue weighted by molar-refractivity contribution is 5.71. The van der Waals surface area contributed by atoms with E-state index in [0.717, 1.165) is 135 Å². The summed E-state index contributed by atoms with van der Waals surface area (Å²) in [5, 5.41) is 0. The van der Waals surface area contributed by atoms with E-state index in [-0.39, 0.29) is 37.5 Å². The number of hydrogen-bond donors (Lipinski definition) is 0. The predicted molar refractivity (Wildman–Crippen MR) is 343 cm³/mol. The van der Waals surface area contributed by atoms with Crippen molar-refractivity contribution in [2.24, 2.45) is 0 Å². The van der Waals surface area contributed by atoms with Gasteiger partial charge in [-0.1, -0.05) is 269 Å². The maximum absolute atomic E-state index is 12.9. The van der Waals surface area contributed by atoms with E-state index < -0.39 is 6.10 Å². The van der Waals surface area contributed by atoms with Crippen LogP contribution >= 0.6 is 0 Å². The number of allylic oxidation sites excluding steroid dienone is 24. The Bertz CT molecular complexity index is 1730. The summed E-state index contributed by atoms with van der Waals surface area (Å²) >= 11 is 0. The molecular formula is C73H118O6. The number of unbranched alkanes of at least 4 members (excludes halogenated alkanes) is 22. The normalized spacial score (nSPS) is 13.1. The van der Waals surface area contributed by atoms with Crippen molar-refractivity contribution < 1.29 is 28.6 Å². The van der Waals surface area contributed by atoms with E-state index in [1.807, 2.05) is 0 Å². The van der Waals surface area contributed by atoms with Crippen molar-refractivity contribution >= 4 is 17.9 Å². The first-order chi connectivity index (χ1) is 39.0. The van der Waals surface area contributed by atoms with E-state index >= 15 is 0 Å². The summed E-state index contributed by atoms with van der Waals surface area (Å²) in [5.74, 6) is -0.992. The zero-order valence-electron chi connectivity index (χ0n) is 51.1. The largest absolute Gasteiger partial charge is 0.462 e. The van der Waals surface area contributed by atoms with Gasteiger partial charge < -0.3 is 14.2 Å². The van der Waals surface area contributed by atoms with Gasteiger partial charge in [-0.2, -0.15) is 0 Å². The molecule has 446 valence electrons. The van der Waals surface area contributed by atoms with Crippen LogP contribution in [0.1, 0.15) is 278 Å². The molecule has 79 heavy (non-hydrogen) atoms. The molecule has 0 fully saturated rings. The number of ether oxygens (including phenoxy) is 3. The minimum atomic E-state index is -0.824. The minimum absolute atomic E-state index is 0.113. The highest BCUT2D eigenvalue weighted by Crippen LogP contribution is 2.14. The van der Waals surface area contributed by atoms with Gasteiger partial charge in [0.25, 0.3) is 0 Å². The molecule has 0 spiro atoms. The van der Waals surface area contributed by atoms with Crippen LogP contribution in [0.15, 0.2) is 146 Å². The van der Waals surface area contributed by atoms with Crippen LogP contribution in [-0.2, 0) is 28.6 Å². The van der Waals surface area contributed by atoms with Crippen LogP contribution in [0.4, 0.5) is 0 Å². The highest BCUT2D eigenvalue weighted by atomic mass is 16.6. The lowest BCUT2D eigenvalue weighted by molar-refractivity contribution is -0.167. The van der Waals surface area contributed by atoms with Gasteiger partial charge in [0.05, 0.1) is 0 Å². The summed E-state index contributed by atoms with van der Waals surface area (Å²) < 4.78 is 16.9. The Hall–Kier alpha value is -4.71. The molecule has 0 aromatic carbocycles. The number of carbonyl (C=O) groups excluding carboxylic acids is 3. The van der Waals surface area contributed by atoms with E-state index in [0.29, 0.717) is 19.3 Å². The summed E-state index contributed by atoms with van der Waals surface area (Å²) in [6, 6.07) is 0. The third-order valence-electron chi connectivity index (χ3n) is 13.3. The average molecular weight is 1090 g/mol. The van der Waals surface area contributed by atoms with E-state index in [1.165, 1.54) is 96.3 Å². The van der Waals surface area contributed by atoms with Crippen LogP contribution in [0.3, 0.4) is 0 Å². The fraction of sp³-hybridized carbons (Fsp3) is 0.630. The lowest BCUT2D eigenvalue weighted by atomic mass is 10.1. The Balaban J connectivity index is 4.46. The molecule has 6 nitrogen and oxygen atoms in total. The van der Waals surface area contributed by atoms with Crippen LogP contribution in [0.5, 0.6) is 0 Å². The molecule has 0 heterocycles. The summed E-state index contributed by atoms with van der Waals surface area (Å²) in [5.41, 5.74) is 0. The summed E-state index contributed by atoms with van der Waals surface area (Å²) in [6.07, 6.45) is 94.3. The van der Waals surface area contributed by atoms with Crippen molar-refractivity contribution in [3.63, 3.8) is 0 Å². The topological polar surface area (TPSA) is 78.9 Å². The molecule has 0 aliphatic heterocycles. The quantitative estimate of drug-likeness (QED) is 0.0261. The number of hydrogen-bond acceptors (Lipinski definition) is 6. The molecule has 1 unspecified atom stereocenters. The van der Waals surface area contributed by atoms with Crippen molar-refractivity contribution in [1.82, 2.24) is 0 Å². The lowest BCUT2D eigenvalue weighted by Gasteiger charge is -2.18. The molecule has 0 amide bonds. The first kappa shape index (κ1) is 74.3. The monoisotopic (exact) mass is 1090 g/mol.